The highest BCUT2D eigenvalue weighted by Crippen LogP contribution is 2.30. The first-order valence-electron chi connectivity index (χ1n) is 6.24. The predicted octanol–water partition coefficient (Wildman–Crippen LogP) is 2.00. The summed E-state index contributed by atoms with van der Waals surface area (Å²) in [7, 11) is 0. The van der Waals surface area contributed by atoms with Gasteiger partial charge in [-0.1, -0.05) is 13.8 Å². The number of aromatic nitrogens is 2. The van der Waals surface area contributed by atoms with Crippen LogP contribution in [0.25, 0.3) is 0 Å². The van der Waals surface area contributed by atoms with Crippen molar-refractivity contribution in [2.24, 2.45) is 17.7 Å². The quantitative estimate of drug-likeness (QED) is 0.552. The van der Waals surface area contributed by atoms with Crippen LogP contribution in [0.3, 0.4) is 0 Å². The summed E-state index contributed by atoms with van der Waals surface area (Å²) in [6.45, 7) is 4.66. The Labute approximate surface area is 102 Å². The average Bonchev–Trinajstić information content (AvgIpc) is 2.34. The third kappa shape index (κ3) is 3.06. The highest BCUT2D eigenvalue weighted by molar-refractivity contribution is 5.46. The van der Waals surface area contributed by atoms with Crippen molar-refractivity contribution in [3.63, 3.8) is 0 Å². The van der Waals surface area contributed by atoms with Crippen LogP contribution in [0, 0.1) is 11.8 Å². The van der Waals surface area contributed by atoms with Crippen LogP contribution in [0.15, 0.2) is 12.4 Å². The Kier molecular flexibility index (Phi) is 3.78. The van der Waals surface area contributed by atoms with E-state index in [0.29, 0.717) is 11.9 Å². The highest BCUT2D eigenvalue weighted by Gasteiger charge is 2.24. The Morgan fingerprint density at radius 3 is 2.65 bits per heavy atom. The Bertz CT molecular complexity index is 368. The fourth-order valence-corrected chi connectivity index (χ4v) is 2.40. The van der Waals surface area contributed by atoms with E-state index in [1.165, 1.54) is 25.6 Å². The van der Waals surface area contributed by atoms with Gasteiger partial charge in [0.15, 0.2) is 0 Å². The second kappa shape index (κ2) is 5.31. The number of rotatable bonds is 3. The first kappa shape index (κ1) is 12.1. The topological polar surface area (TPSA) is 75.9 Å². The van der Waals surface area contributed by atoms with E-state index in [0.717, 1.165) is 17.7 Å². The zero-order valence-electron chi connectivity index (χ0n) is 10.5. The van der Waals surface area contributed by atoms with Crippen LogP contribution in [-0.2, 0) is 0 Å². The number of hydrogen-bond acceptors (Lipinski definition) is 5. The molecule has 5 heteroatoms. The van der Waals surface area contributed by atoms with Gasteiger partial charge < -0.3 is 10.7 Å². The largest absolute Gasteiger partial charge is 0.367 e. The lowest BCUT2D eigenvalue weighted by Crippen LogP contribution is -2.30. The van der Waals surface area contributed by atoms with Crippen LogP contribution >= 0.6 is 0 Å². The molecule has 2 rings (SSSR count). The Morgan fingerprint density at radius 2 is 1.94 bits per heavy atom. The minimum atomic E-state index is 0.515. The van der Waals surface area contributed by atoms with Gasteiger partial charge in [-0.25, -0.2) is 15.8 Å². The minimum Gasteiger partial charge on any atom is -0.367 e. The molecule has 0 amide bonds. The molecule has 1 aromatic heterocycles. The fourth-order valence-electron chi connectivity index (χ4n) is 2.40. The summed E-state index contributed by atoms with van der Waals surface area (Å²) < 4.78 is 0. The number of nitrogens with one attached hydrogen (secondary N) is 2. The van der Waals surface area contributed by atoms with Gasteiger partial charge in [0.1, 0.15) is 18.0 Å². The van der Waals surface area contributed by atoms with Gasteiger partial charge in [0.2, 0.25) is 0 Å². The van der Waals surface area contributed by atoms with E-state index in [2.05, 4.69) is 34.6 Å². The molecule has 5 nitrogen and oxygen atoms in total. The van der Waals surface area contributed by atoms with Gasteiger partial charge in [-0.2, -0.15) is 0 Å². The van der Waals surface area contributed by atoms with Crippen LogP contribution in [0.2, 0.25) is 0 Å². The van der Waals surface area contributed by atoms with Crippen LogP contribution in [0.1, 0.15) is 33.1 Å². The molecule has 0 aliphatic heterocycles. The van der Waals surface area contributed by atoms with Gasteiger partial charge in [0, 0.05) is 12.1 Å². The van der Waals surface area contributed by atoms with Crippen molar-refractivity contribution in [3.8, 4) is 0 Å². The average molecular weight is 235 g/mol. The summed E-state index contributed by atoms with van der Waals surface area (Å²) in [4.78, 5) is 8.20. The fraction of sp³-hybridized carbons (Fsp3) is 0.667. The second-order valence-corrected chi connectivity index (χ2v) is 5.04. The lowest BCUT2D eigenvalue weighted by molar-refractivity contribution is 0.260. The first-order chi connectivity index (χ1) is 8.19. The van der Waals surface area contributed by atoms with Gasteiger partial charge in [0.05, 0.1) is 0 Å². The first-order valence-corrected chi connectivity index (χ1v) is 6.24. The summed E-state index contributed by atoms with van der Waals surface area (Å²) in [5.74, 6) is 8.42. The molecule has 17 heavy (non-hydrogen) atoms. The standard InChI is InChI=1S/C12H21N5/c1-8-3-4-10(5-9(8)2)16-11-6-12(17-13)15-7-14-11/h6-10H,3-5,13H2,1-2H3,(H2,14,15,16,17). The SMILES string of the molecule is CC1CCC(Nc2cc(NN)ncn2)CC1C. The van der Waals surface area contributed by atoms with Crippen molar-refractivity contribution >= 4 is 11.6 Å². The normalized spacial score (nSPS) is 28.8. The number of hydrogen-bond donors (Lipinski definition) is 3. The molecule has 4 N–H and O–H groups in total. The maximum absolute atomic E-state index is 5.32. The van der Waals surface area contributed by atoms with Crippen molar-refractivity contribution in [2.45, 2.75) is 39.2 Å². The van der Waals surface area contributed by atoms with E-state index in [4.69, 9.17) is 5.84 Å². The van der Waals surface area contributed by atoms with Crippen LogP contribution in [-0.4, -0.2) is 16.0 Å². The van der Waals surface area contributed by atoms with Gasteiger partial charge in [-0.3, -0.25) is 0 Å². The smallest absolute Gasteiger partial charge is 0.145 e. The molecule has 0 radical (unpaired) electrons. The number of nitrogen functional groups attached to an aromatic ring is 1. The summed E-state index contributed by atoms with van der Waals surface area (Å²) in [5, 5.41) is 3.46. The van der Waals surface area contributed by atoms with Gasteiger partial charge >= 0.3 is 0 Å². The molecule has 94 valence electrons. The molecule has 1 heterocycles. The zero-order valence-corrected chi connectivity index (χ0v) is 10.5. The maximum atomic E-state index is 5.32. The number of hydrazine groups is 1. The Morgan fingerprint density at radius 1 is 1.18 bits per heavy atom. The van der Waals surface area contributed by atoms with E-state index in [1.807, 2.05) is 6.07 Å². The van der Waals surface area contributed by atoms with E-state index >= 15 is 0 Å². The van der Waals surface area contributed by atoms with E-state index in [-0.39, 0.29) is 0 Å². The van der Waals surface area contributed by atoms with Gasteiger partial charge in [-0.15, -0.1) is 0 Å². The molecule has 0 aromatic carbocycles. The van der Waals surface area contributed by atoms with Crippen molar-refractivity contribution in [2.75, 3.05) is 10.7 Å². The highest BCUT2D eigenvalue weighted by atomic mass is 15.3. The van der Waals surface area contributed by atoms with Crippen LogP contribution in [0.5, 0.6) is 0 Å². The number of anilines is 2. The molecule has 0 spiro atoms. The third-order valence-corrected chi connectivity index (χ3v) is 3.77. The molecule has 3 atom stereocenters. The van der Waals surface area contributed by atoms with Gasteiger partial charge in [0.25, 0.3) is 0 Å². The minimum absolute atomic E-state index is 0.515. The summed E-state index contributed by atoms with van der Waals surface area (Å²) in [6.07, 6.45) is 5.22. The van der Waals surface area contributed by atoms with Crippen LogP contribution < -0.4 is 16.6 Å². The molecule has 1 saturated carbocycles. The molecule has 1 aliphatic carbocycles. The molecule has 1 aromatic rings. The lowest BCUT2D eigenvalue weighted by atomic mass is 9.79. The van der Waals surface area contributed by atoms with E-state index < -0.39 is 0 Å². The third-order valence-electron chi connectivity index (χ3n) is 3.77. The lowest BCUT2D eigenvalue weighted by Gasteiger charge is -2.32. The molecular formula is C12H21N5. The number of nitrogens with zero attached hydrogens (tertiary/aromatic N) is 2. The second-order valence-electron chi connectivity index (χ2n) is 5.04. The predicted molar refractivity (Wildman–Crippen MR) is 69.4 cm³/mol. The van der Waals surface area contributed by atoms with Crippen molar-refractivity contribution in [1.29, 1.82) is 0 Å². The Balaban J connectivity index is 1.96. The molecular weight excluding hydrogens is 214 g/mol. The van der Waals surface area contributed by atoms with Crippen molar-refractivity contribution in [3.05, 3.63) is 12.4 Å². The molecule has 3 unspecified atom stereocenters. The molecule has 0 bridgehead atoms. The summed E-state index contributed by atoms with van der Waals surface area (Å²) >= 11 is 0. The molecule has 1 aliphatic rings. The van der Waals surface area contributed by atoms with Gasteiger partial charge in [-0.05, 0) is 31.1 Å². The number of nitrogens with two attached hydrogens (primary N) is 1. The summed E-state index contributed by atoms with van der Waals surface area (Å²) in [5.41, 5.74) is 2.53. The molecule has 1 fully saturated rings. The van der Waals surface area contributed by atoms with Crippen molar-refractivity contribution in [1.82, 2.24) is 9.97 Å². The Hall–Kier alpha value is -1.36. The van der Waals surface area contributed by atoms with E-state index in [9.17, 15) is 0 Å². The van der Waals surface area contributed by atoms with E-state index in [1.54, 1.807) is 0 Å². The van der Waals surface area contributed by atoms with Crippen LogP contribution in [0.4, 0.5) is 11.6 Å². The summed E-state index contributed by atoms with van der Waals surface area (Å²) in [6, 6.07) is 2.35. The zero-order chi connectivity index (χ0) is 12.3. The molecule has 0 saturated heterocycles. The maximum Gasteiger partial charge on any atom is 0.145 e. The van der Waals surface area contributed by atoms with Crippen molar-refractivity contribution < 1.29 is 0 Å². The monoisotopic (exact) mass is 235 g/mol.